The van der Waals surface area contributed by atoms with Gasteiger partial charge in [0.25, 0.3) is 0 Å². The van der Waals surface area contributed by atoms with E-state index < -0.39 is 0 Å². The molecule has 0 amide bonds. The van der Waals surface area contributed by atoms with E-state index in [1.54, 1.807) is 0 Å². The summed E-state index contributed by atoms with van der Waals surface area (Å²) < 4.78 is 2.29. The number of hydrogen-bond acceptors (Lipinski definition) is 4. The Balaban J connectivity index is 0.916. The second-order valence-corrected chi connectivity index (χ2v) is 20.1. The van der Waals surface area contributed by atoms with Crippen LogP contribution >= 0.6 is 0 Å². The third-order valence-electron chi connectivity index (χ3n) is 16.4. The molecule has 2 aromatic heterocycles. The highest BCUT2D eigenvalue weighted by molar-refractivity contribution is 6.10. The average molecular weight is 768 g/mol. The van der Waals surface area contributed by atoms with Gasteiger partial charge in [-0.2, -0.15) is 5.26 Å². The van der Waals surface area contributed by atoms with Gasteiger partial charge in [-0.1, -0.05) is 66.7 Å². The summed E-state index contributed by atoms with van der Waals surface area (Å²) in [5.74, 6) is 7.65. The van der Waals surface area contributed by atoms with Crippen molar-refractivity contribution >= 4 is 21.8 Å². The largest absolute Gasteiger partial charge is 0.309 e. The number of para-hydroxylation sites is 1. The minimum Gasteiger partial charge on any atom is -0.309 e. The molecule has 8 bridgehead atoms. The molecular weight excluding hydrogens is 719 g/mol. The van der Waals surface area contributed by atoms with Crippen molar-refractivity contribution in [2.24, 2.45) is 35.5 Å². The van der Waals surface area contributed by atoms with Crippen molar-refractivity contribution in [2.45, 2.75) is 87.9 Å². The number of rotatable bonds is 6. The van der Waals surface area contributed by atoms with E-state index in [-0.39, 0.29) is 0 Å². The maximum absolute atomic E-state index is 9.47. The number of nitrogens with zero attached hydrogens (tertiary/aromatic N) is 5. The lowest BCUT2D eigenvalue weighted by Crippen LogP contribution is -2.48. The molecule has 8 fully saturated rings. The Morgan fingerprint density at radius 2 is 0.881 bits per heavy atom. The smallest absolute Gasteiger partial charge is 0.164 e. The highest BCUT2D eigenvalue weighted by Crippen LogP contribution is 2.62. The molecule has 0 radical (unpaired) electrons. The SMILES string of the molecule is N#Cc1ccc(-n2c3ccccc3c3cc(-c4nc(-c5ccc(C67CC8C[C@H](C6)C[C@@H](C8)C7)cc5)nc(-c5ccc(C67CC8C[C@H](C6)C[C@@H](C8)C7)cc5)n4)ccc32)cc1. The molecule has 7 aromatic rings. The Morgan fingerprint density at radius 1 is 0.458 bits per heavy atom. The predicted octanol–water partition coefficient (Wildman–Crippen LogP) is 12.8. The summed E-state index contributed by atoms with van der Waals surface area (Å²) in [6.45, 7) is 0. The number of benzene rings is 5. The van der Waals surface area contributed by atoms with Crippen LogP contribution in [0, 0.1) is 46.8 Å². The van der Waals surface area contributed by atoms with Gasteiger partial charge in [-0.25, -0.2) is 15.0 Å². The summed E-state index contributed by atoms with van der Waals surface area (Å²) in [5.41, 5.74) is 10.7. The number of aromatic nitrogens is 4. The van der Waals surface area contributed by atoms with Crippen molar-refractivity contribution in [3.05, 3.63) is 132 Å². The summed E-state index contributed by atoms with van der Waals surface area (Å²) in [4.78, 5) is 15.8. The fourth-order valence-electron chi connectivity index (χ4n) is 14.7. The van der Waals surface area contributed by atoms with Gasteiger partial charge >= 0.3 is 0 Å². The first-order valence-corrected chi connectivity index (χ1v) is 22.5. The molecule has 8 aliphatic rings. The molecule has 5 nitrogen and oxygen atoms in total. The summed E-state index contributed by atoms with van der Waals surface area (Å²) in [6.07, 6.45) is 16.9. The van der Waals surface area contributed by atoms with Gasteiger partial charge in [0, 0.05) is 33.2 Å². The van der Waals surface area contributed by atoms with E-state index in [1.807, 2.05) is 24.3 Å². The second-order valence-electron chi connectivity index (χ2n) is 20.1. The van der Waals surface area contributed by atoms with Crippen LogP contribution in [-0.4, -0.2) is 19.5 Å². The number of nitriles is 1. The van der Waals surface area contributed by atoms with Gasteiger partial charge in [0.15, 0.2) is 17.5 Å². The normalized spacial score (nSPS) is 30.0. The Labute approximate surface area is 346 Å². The number of hydrogen-bond donors (Lipinski definition) is 0. The van der Waals surface area contributed by atoms with Crippen molar-refractivity contribution in [2.75, 3.05) is 0 Å². The maximum Gasteiger partial charge on any atom is 0.164 e. The Morgan fingerprint density at radius 3 is 1.36 bits per heavy atom. The standard InChI is InChI=1S/C54H49N5/c55-32-33-5-16-45(17-6-33)59-48-4-2-1-3-46(48)47-25-42(11-18-49(47)59)52-57-50(40-7-12-43(13-8-40)53-26-34-19-35(27-53)21-36(20-34)28-53)56-51(58-52)41-9-14-44(15-10-41)54-29-37-22-38(30-54)24-39(23-37)31-54/h1-18,25,34-39H,19-24,26-31H2/t34-,35+,36?,37-,38+,39?,53?,54?. The van der Waals surface area contributed by atoms with Gasteiger partial charge in [-0.05, 0) is 183 Å². The Hall–Kier alpha value is -5.60. The summed E-state index contributed by atoms with van der Waals surface area (Å²) in [7, 11) is 0. The van der Waals surface area contributed by atoms with Crippen molar-refractivity contribution < 1.29 is 0 Å². The average Bonchev–Trinajstić information content (AvgIpc) is 3.59. The molecular formula is C54H49N5. The topological polar surface area (TPSA) is 67.4 Å². The lowest BCUT2D eigenvalue weighted by atomic mass is 9.48. The first kappa shape index (κ1) is 34.3. The summed E-state index contributed by atoms with van der Waals surface area (Å²) in [6, 6.07) is 44.1. The van der Waals surface area contributed by atoms with Crippen LogP contribution < -0.4 is 0 Å². The lowest BCUT2D eigenvalue weighted by Gasteiger charge is -2.57. The third-order valence-corrected chi connectivity index (χ3v) is 16.4. The fourth-order valence-corrected chi connectivity index (χ4v) is 14.7. The van der Waals surface area contributed by atoms with Crippen LogP contribution in [-0.2, 0) is 10.8 Å². The molecule has 0 spiro atoms. The molecule has 0 unspecified atom stereocenters. The highest BCUT2D eigenvalue weighted by atomic mass is 15.0. The van der Waals surface area contributed by atoms with Gasteiger partial charge in [0.1, 0.15) is 0 Å². The zero-order valence-corrected chi connectivity index (χ0v) is 33.7. The molecule has 8 aliphatic carbocycles. The highest BCUT2D eigenvalue weighted by Gasteiger charge is 2.52. The maximum atomic E-state index is 9.47. The van der Waals surface area contributed by atoms with E-state index in [4.69, 9.17) is 15.0 Å². The first-order chi connectivity index (χ1) is 29.0. The van der Waals surface area contributed by atoms with Crippen molar-refractivity contribution in [1.82, 2.24) is 19.5 Å². The monoisotopic (exact) mass is 767 g/mol. The number of fused-ring (bicyclic) bond motifs is 3. The zero-order valence-electron chi connectivity index (χ0n) is 33.7. The Bertz CT molecular complexity index is 2660. The molecule has 290 valence electrons. The van der Waals surface area contributed by atoms with Gasteiger partial charge in [-0.3, -0.25) is 0 Å². The van der Waals surface area contributed by atoms with E-state index in [2.05, 4.69) is 102 Å². The van der Waals surface area contributed by atoms with Crippen molar-refractivity contribution in [1.29, 1.82) is 5.26 Å². The van der Waals surface area contributed by atoms with Crippen molar-refractivity contribution in [3.63, 3.8) is 0 Å². The summed E-state index contributed by atoms with van der Waals surface area (Å²) in [5, 5.41) is 11.8. The van der Waals surface area contributed by atoms with Crippen LogP contribution in [0.5, 0.6) is 0 Å². The molecule has 5 heteroatoms. The van der Waals surface area contributed by atoms with E-state index in [1.165, 1.54) is 93.6 Å². The van der Waals surface area contributed by atoms with Crippen LogP contribution in [0.4, 0.5) is 0 Å². The fraction of sp³-hybridized carbons (Fsp3) is 0.370. The van der Waals surface area contributed by atoms with Gasteiger partial charge in [0.2, 0.25) is 0 Å². The second kappa shape index (κ2) is 12.7. The van der Waals surface area contributed by atoms with E-state index in [9.17, 15) is 5.26 Å². The molecule has 0 atom stereocenters. The van der Waals surface area contributed by atoms with E-state index in [0.29, 0.717) is 22.2 Å². The van der Waals surface area contributed by atoms with Crippen molar-refractivity contribution in [3.8, 4) is 45.9 Å². The zero-order chi connectivity index (χ0) is 38.9. The van der Waals surface area contributed by atoms with Crippen LogP contribution in [0.25, 0.3) is 61.7 Å². The Kier molecular flexibility index (Phi) is 7.38. The van der Waals surface area contributed by atoms with Gasteiger partial charge < -0.3 is 4.57 Å². The molecule has 8 saturated carbocycles. The van der Waals surface area contributed by atoms with Gasteiger partial charge in [0.05, 0.1) is 22.7 Å². The van der Waals surface area contributed by atoms with Crippen LogP contribution in [0.15, 0.2) is 115 Å². The van der Waals surface area contributed by atoms with Crippen LogP contribution in [0.3, 0.4) is 0 Å². The molecule has 5 aromatic carbocycles. The summed E-state index contributed by atoms with van der Waals surface area (Å²) >= 11 is 0. The van der Waals surface area contributed by atoms with E-state index in [0.717, 1.165) is 86.0 Å². The van der Waals surface area contributed by atoms with Crippen LogP contribution in [0.1, 0.15) is 93.7 Å². The van der Waals surface area contributed by atoms with Gasteiger partial charge in [-0.15, -0.1) is 0 Å². The third kappa shape index (κ3) is 5.44. The lowest BCUT2D eigenvalue weighted by molar-refractivity contribution is -0.00530. The van der Waals surface area contributed by atoms with E-state index >= 15 is 0 Å². The quantitative estimate of drug-likeness (QED) is 0.169. The molecule has 2 heterocycles. The minimum absolute atomic E-state index is 0.355. The molecule has 0 N–H and O–H groups in total. The molecule has 15 rings (SSSR count). The predicted molar refractivity (Wildman–Crippen MR) is 235 cm³/mol. The molecule has 0 saturated heterocycles. The molecule has 59 heavy (non-hydrogen) atoms. The molecule has 0 aliphatic heterocycles. The van der Waals surface area contributed by atoms with Crippen LogP contribution in [0.2, 0.25) is 0 Å². The first-order valence-electron chi connectivity index (χ1n) is 22.5. The minimum atomic E-state index is 0.355.